The Balaban J connectivity index is 1.89. The second-order valence-corrected chi connectivity index (χ2v) is 7.30. The Morgan fingerprint density at radius 3 is 2.58 bits per heavy atom. The van der Waals surface area contributed by atoms with E-state index in [1.807, 2.05) is 43.3 Å². The molecule has 1 aliphatic carbocycles. The number of carbonyl (C=O) groups excluding carboxylic acids is 1. The van der Waals surface area contributed by atoms with Crippen molar-refractivity contribution in [1.82, 2.24) is 4.90 Å². The molecule has 0 radical (unpaired) electrons. The first-order valence-corrected chi connectivity index (χ1v) is 8.83. The number of nitrogens with zero attached hydrogens (tertiary/aromatic N) is 1. The number of benzene rings is 1. The summed E-state index contributed by atoms with van der Waals surface area (Å²) in [5, 5.41) is 10.9. The zero-order valence-corrected chi connectivity index (χ0v) is 14.7. The quantitative estimate of drug-likeness (QED) is 0.856. The van der Waals surface area contributed by atoms with Gasteiger partial charge in [0, 0.05) is 12.5 Å². The van der Waals surface area contributed by atoms with Crippen LogP contribution >= 0.6 is 0 Å². The number of hydrogen-bond donors (Lipinski definition) is 1. The van der Waals surface area contributed by atoms with Gasteiger partial charge in [0.25, 0.3) is 0 Å². The van der Waals surface area contributed by atoms with Gasteiger partial charge >= 0.3 is 0 Å². The molecule has 1 aliphatic heterocycles. The number of aliphatic hydroxyl groups is 1. The summed E-state index contributed by atoms with van der Waals surface area (Å²) in [5.74, 6) is 0.494. The molecule has 0 spiro atoms. The van der Waals surface area contributed by atoms with Crippen molar-refractivity contribution in [2.45, 2.75) is 40.0 Å². The fourth-order valence-electron chi connectivity index (χ4n) is 4.46. The third-order valence-electron chi connectivity index (χ3n) is 5.33. The predicted molar refractivity (Wildman–Crippen MR) is 95.8 cm³/mol. The number of carbonyl (C=O) groups is 1. The van der Waals surface area contributed by atoms with Gasteiger partial charge in [0.2, 0.25) is 5.91 Å². The molecule has 1 aromatic carbocycles. The van der Waals surface area contributed by atoms with Crippen LogP contribution in [-0.4, -0.2) is 22.1 Å². The van der Waals surface area contributed by atoms with Crippen molar-refractivity contribution < 1.29 is 9.90 Å². The van der Waals surface area contributed by atoms with Crippen molar-refractivity contribution in [3.63, 3.8) is 0 Å². The molecule has 5 unspecified atom stereocenters. The van der Waals surface area contributed by atoms with E-state index in [9.17, 15) is 9.90 Å². The fourth-order valence-corrected chi connectivity index (χ4v) is 4.46. The zero-order valence-electron chi connectivity index (χ0n) is 14.7. The minimum Gasteiger partial charge on any atom is -0.373 e. The normalized spacial score (nSPS) is 32.4. The third-order valence-corrected chi connectivity index (χ3v) is 5.33. The average Bonchev–Trinajstić information content (AvgIpc) is 3.01. The maximum atomic E-state index is 13.1. The molecule has 1 aromatic rings. The third kappa shape index (κ3) is 3.05. The van der Waals surface area contributed by atoms with Crippen molar-refractivity contribution >= 4 is 5.91 Å². The van der Waals surface area contributed by atoms with Crippen LogP contribution in [0.4, 0.5) is 0 Å². The highest BCUT2D eigenvalue weighted by molar-refractivity contribution is 5.83. The van der Waals surface area contributed by atoms with E-state index in [2.05, 4.69) is 26.0 Å². The van der Waals surface area contributed by atoms with Gasteiger partial charge in [-0.05, 0) is 44.6 Å². The predicted octanol–water partition coefficient (Wildman–Crippen LogP) is 3.76. The number of hydrogen-bond acceptors (Lipinski definition) is 2. The van der Waals surface area contributed by atoms with Crippen LogP contribution in [0.5, 0.6) is 0 Å². The monoisotopic (exact) mass is 325 g/mol. The first-order valence-electron chi connectivity index (χ1n) is 8.83. The second-order valence-electron chi connectivity index (χ2n) is 7.30. The molecule has 3 heteroatoms. The lowest BCUT2D eigenvalue weighted by Gasteiger charge is -2.26. The van der Waals surface area contributed by atoms with E-state index in [1.54, 1.807) is 4.90 Å². The highest BCUT2D eigenvalue weighted by Crippen LogP contribution is 2.51. The number of fused-ring (bicyclic) bond motifs is 1. The highest BCUT2D eigenvalue weighted by Gasteiger charge is 2.56. The Hall–Kier alpha value is -1.87. The topological polar surface area (TPSA) is 40.5 Å². The molecule has 2 fully saturated rings. The number of likely N-dealkylation sites (tertiary alicyclic amines) is 1. The second kappa shape index (κ2) is 6.94. The smallest absolute Gasteiger partial charge is 0.229 e. The van der Waals surface area contributed by atoms with Crippen LogP contribution in [0.3, 0.4) is 0 Å². The Morgan fingerprint density at radius 1 is 1.25 bits per heavy atom. The molecular weight excluding hydrogens is 298 g/mol. The summed E-state index contributed by atoms with van der Waals surface area (Å²) in [6.45, 7) is 6.65. The molecule has 1 heterocycles. The lowest BCUT2D eigenvalue weighted by atomic mass is 9.88. The molecular formula is C21H27NO2. The van der Waals surface area contributed by atoms with Crippen LogP contribution in [0, 0.1) is 23.7 Å². The van der Waals surface area contributed by atoms with Gasteiger partial charge in [-0.1, -0.05) is 54.1 Å². The first-order chi connectivity index (χ1) is 11.5. The van der Waals surface area contributed by atoms with E-state index < -0.39 is 6.23 Å². The fraction of sp³-hybridized carbons (Fsp3) is 0.476. The molecule has 0 aromatic heterocycles. The maximum Gasteiger partial charge on any atom is 0.229 e. The molecule has 24 heavy (non-hydrogen) atoms. The molecule has 128 valence electrons. The summed E-state index contributed by atoms with van der Waals surface area (Å²) in [6, 6.07) is 9.92. The molecule has 1 saturated heterocycles. The summed E-state index contributed by atoms with van der Waals surface area (Å²) < 4.78 is 0. The molecule has 2 aliphatic rings. The lowest BCUT2D eigenvalue weighted by molar-refractivity contribution is -0.137. The van der Waals surface area contributed by atoms with Crippen molar-refractivity contribution in [3.05, 3.63) is 59.7 Å². The van der Waals surface area contributed by atoms with Gasteiger partial charge in [0.05, 0.1) is 5.92 Å². The minimum atomic E-state index is -0.695. The van der Waals surface area contributed by atoms with Crippen LogP contribution in [0.1, 0.15) is 32.8 Å². The molecule has 3 rings (SSSR count). The van der Waals surface area contributed by atoms with Crippen LogP contribution < -0.4 is 0 Å². The Bertz CT molecular complexity index is 645. The van der Waals surface area contributed by atoms with Crippen molar-refractivity contribution in [2.24, 2.45) is 23.7 Å². The van der Waals surface area contributed by atoms with Crippen LogP contribution in [0.2, 0.25) is 0 Å². The van der Waals surface area contributed by atoms with Gasteiger partial charge in [-0.3, -0.25) is 4.79 Å². The van der Waals surface area contributed by atoms with Crippen LogP contribution in [0.15, 0.2) is 54.1 Å². The van der Waals surface area contributed by atoms with E-state index in [-0.39, 0.29) is 29.6 Å². The maximum absolute atomic E-state index is 13.1. The molecule has 5 atom stereocenters. The average molecular weight is 325 g/mol. The summed E-state index contributed by atoms with van der Waals surface area (Å²) in [7, 11) is 0. The minimum absolute atomic E-state index is 0.00184. The van der Waals surface area contributed by atoms with Gasteiger partial charge in [-0.15, -0.1) is 0 Å². The number of aliphatic hydroxyl groups excluding tert-OH is 1. The van der Waals surface area contributed by atoms with Gasteiger partial charge in [0.1, 0.15) is 6.23 Å². The molecule has 1 saturated carbocycles. The van der Waals surface area contributed by atoms with E-state index >= 15 is 0 Å². The molecule has 1 amide bonds. The summed E-state index contributed by atoms with van der Waals surface area (Å²) >= 11 is 0. The first kappa shape index (κ1) is 17.0. The van der Waals surface area contributed by atoms with Crippen LogP contribution in [-0.2, 0) is 11.3 Å². The van der Waals surface area contributed by atoms with E-state index in [0.717, 1.165) is 12.0 Å². The zero-order chi connectivity index (χ0) is 17.3. The largest absolute Gasteiger partial charge is 0.373 e. The Morgan fingerprint density at radius 2 is 1.96 bits per heavy atom. The molecule has 1 N–H and O–H groups in total. The van der Waals surface area contributed by atoms with Gasteiger partial charge in [-0.25, -0.2) is 0 Å². The van der Waals surface area contributed by atoms with Crippen molar-refractivity contribution in [2.75, 3.05) is 0 Å². The van der Waals surface area contributed by atoms with Crippen molar-refractivity contribution in [1.29, 1.82) is 0 Å². The van der Waals surface area contributed by atoms with Crippen LogP contribution in [0.25, 0.3) is 0 Å². The Labute approximate surface area is 144 Å². The highest BCUT2D eigenvalue weighted by atomic mass is 16.3. The SMILES string of the molecule is C/C=C/C1CC(C=C(C)C)C2C(=O)N(Cc3ccccc3)C(O)C12. The Kier molecular flexibility index (Phi) is 4.91. The number of rotatable bonds is 4. The number of allylic oxidation sites excluding steroid dienone is 4. The molecule has 0 bridgehead atoms. The van der Waals surface area contributed by atoms with E-state index in [0.29, 0.717) is 6.54 Å². The van der Waals surface area contributed by atoms with Gasteiger partial charge < -0.3 is 10.0 Å². The summed E-state index contributed by atoms with van der Waals surface area (Å²) in [6.07, 6.45) is 6.69. The molecule has 3 nitrogen and oxygen atoms in total. The van der Waals surface area contributed by atoms with Gasteiger partial charge in [0.15, 0.2) is 0 Å². The summed E-state index contributed by atoms with van der Waals surface area (Å²) in [5.41, 5.74) is 2.30. The number of amides is 1. The lowest BCUT2D eigenvalue weighted by Crippen LogP contribution is -2.36. The summed E-state index contributed by atoms with van der Waals surface area (Å²) in [4.78, 5) is 14.7. The standard InChI is InChI=1S/C21H27NO2/c1-4-8-16-12-17(11-14(2)3)19-18(16)20(23)22(21(19)24)13-15-9-6-5-7-10-15/h4-11,16-20,23H,12-13H2,1-3H3/b8-4+. The van der Waals surface area contributed by atoms with E-state index in [4.69, 9.17) is 0 Å². The van der Waals surface area contributed by atoms with E-state index in [1.165, 1.54) is 5.57 Å². The van der Waals surface area contributed by atoms with Gasteiger partial charge in [-0.2, -0.15) is 0 Å². The van der Waals surface area contributed by atoms with Crippen molar-refractivity contribution in [3.8, 4) is 0 Å².